The highest BCUT2D eigenvalue weighted by Gasteiger charge is 2.17. The highest BCUT2D eigenvalue weighted by molar-refractivity contribution is 5.93. The van der Waals surface area contributed by atoms with E-state index >= 15 is 0 Å². The summed E-state index contributed by atoms with van der Waals surface area (Å²) >= 11 is 0. The molecular weight excluding hydrogens is 523 g/mol. The first-order valence-corrected chi connectivity index (χ1v) is 8.73. The molecule has 31 heavy (non-hydrogen) atoms. The molecule has 1 amide bonds. The topological polar surface area (TPSA) is 112 Å². The summed E-state index contributed by atoms with van der Waals surface area (Å²) in [6.45, 7) is 0.466. The Morgan fingerprint density at radius 2 is 1.61 bits per heavy atom. The summed E-state index contributed by atoms with van der Waals surface area (Å²) < 4.78 is 21.3. The predicted molar refractivity (Wildman–Crippen MR) is 100 cm³/mol. The van der Waals surface area contributed by atoms with Gasteiger partial charge in [0.05, 0.1) is 0 Å². The second kappa shape index (κ2) is 12.5. The van der Waals surface area contributed by atoms with Gasteiger partial charge < -0.3 is 47.8 Å². The van der Waals surface area contributed by atoms with Crippen LogP contribution >= 0.6 is 0 Å². The SMILES string of the molecule is CC(=O)Oc1ccccc1C(=O)OCOC(=O)c1ccc[n+](COC(=O)N(C)C)c1.[I-]. The summed E-state index contributed by atoms with van der Waals surface area (Å²) in [6.07, 6.45) is 2.49. The van der Waals surface area contributed by atoms with Gasteiger partial charge in [0.1, 0.15) is 16.9 Å². The molecule has 0 fully saturated rings. The Balaban J connectivity index is 0.00000480. The lowest BCUT2D eigenvalue weighted by molar-refractivity contribution is -0.727. The van der Waals surface area contributed by atoms with E-state index in [1.165, 1.54) is 40.8 Å². The minimum Gasteiger partial charge on any atom is -1.00 e. The first-order valence-electron chi connectivity index (χ1n) is 8.73. The van der Waals surface area contributed by atoms with Gasteiger partial charge >= 0.3 is 24.0 Å². The van der Waals surface area contributed by atoms with E-state index in [9.17, 15) is 19.2 Å². The average molecular weight is 544 g/mol. The zero-order chi connectivity index (χ0) is 22.1. The number of benzene rings is 1. The van der Waals surface area contributed by atoms with Crippen LogP contribution in [-0.4, -0.2) is 49.8 Å². The van der Waals surface area contributed by atoms with E-state index in [1.54, 1.807) is 38.5 Å². The van der Waals surface area contributed by atoms with E-state index in [0.717, 1.165) is 0 Å². The van der Waals surface area contributed by atoms with Crippen LogP contribution in [0.3, 0.4) is 0 Å². The number of ether oxygens (including phenoxy) is 4. The Hall–Kier alpha value is -3.22. The van der Waals surface area contributed by atoms with E-state index in [4.69, 9.17) is 18.9 Å². The second-order valence-electron chi connectivity index (χ2n) is 6.11. The second-order valence-corrected chi connectivity index (χ2v) is 6.11. The maximum atomic E-state index is 12.2. The summed E-state index contributed by atoms with van der Waals surface area (Å²) in [4.78, 5) is 48.2. The van der Waals surface area contributed by atoms with Crippen molar-refractivity contribution < 1.29 is 66.7 Å². The fraction of sp³-hybridized carbons (Fsp3) is 0.250. The number of carbonyl (C=O) groups excluding carboxylic acids is 4. The molecule has 2 rings (SSSR count). The molecule has 166 valence electrons. The number of para-hydroxylation sites is 1. The molecule has 0 aliphatic heterocycles. The molecule has 2 aromatic rings. The summed E-state index contributed by atoms with van der Waals surface area (Å²) in [7, 11) is 3.10. The van der Waals surface area contributed by atoms with Gasteiger partial charge in [-0.15, -0.1) is 0 Å². The minimum atomic E-state index is -0.821. The van der Waals surface area contributed by atoms with Crippen LogP contribution in [0.2, 0.25) is 0 Å². The Morgan fingerprint density at radius 1 is 0.935 bits per heavy atom. The molecule has 10 nitrogen and oxygen atoms in total. The zero-order valence-electron chi connectivity index (χ0n) is 17.1. The van der Waals surface area contributed by atoms with Crippen LogP contribution in [0.1, 0.15) is 27.6 Å². The van der Waals surface area contributed by atoms with Gasteiger partial charge in [0, 0.05) is 27.1 Å². The Morgan fingerprint density at radius 3 is 2.29 bits per heavy atom. The van der Waals surface area contributed by atoms with E-state index in [-0.39, 0.29) is 47.6 Å². The fourth-order valence-corrected chi connectivity index (χ4v) is 2.16. The summed E-state index contributed by atoms with van der Waals surface area (Å²) in [5.41, 5.74) is 0.179. The number of amides is 1. The van der Waals surface area contributed by atoms with Crippen molar-refractivity contribution in [2.24, 2.45) is 0 Å². The number of halogens is 1. The zero-order valence-corrected chi connectivity index (χ0v) is 19.2. The van der Waals surface area contributed by atoms with Gasteiger partial charge in [-0.1, -0.05) is 12.1 Å². The molecule has 0 saturated carbocycles. The van der Waals surface area contributed by atoms with Crippen LogP contribution in [0.25, 0.3) is 0 Å². The van der Waals surface area contributed by atoms with Crippen molar-refractivity contribution in [3.05, 3.63) is 59.9 Å². The van der Waals surface area contributed by atoms with Gasteiger partial charge in [-0.2, -0.15) is 4.57 Å². The largest absolute Gasteiger partial charge is 1.00 e. The van der Waals surface area contributed by atoms with Crippen molar-refractivity contribution >= 4 is 24.0 Å². The number of nitrogens with zero attached hydrogens (tertiary/aromatic N) is 2. The third-order valence-electron chi connectivity index (χ3n) is 3.54. The van der Waals surface area contributed by atoms with Crippen molar-refractivity contribution in [2.45, 2.75) is 13.7 Å². The molecular formula is C20H21IN2O8. The highest BCUT2D eigenvalue weighted by Crippen LogP contribution is 2.19. The van der Waals surface area contributed by atoms with Crippen LogP contribution in [0, 0.1) is 0 Å². The van der Waals surface area contributed by atoms with Gasteiger partial charge in [0.15, 0.2) is 12.4 Å². The number of pyridine rings is 1. The molecule has 0 N–H and O–H groups in total. The normalized spacial score (nSPS) is 9.65. The number of aromatic nitrogens is 1. The van der Waals surface area contributed by atoms with E-state index < -0.39 is 30.8 Å². The lowest BCUT2D eigenvalue weighted by atomic mass is 10.2. The van der Waals surface area contributed by atoms with Gasteiger partial charge in [-0.05, 0) is 18.2 Å². The summed E-state index contributed by atoms with van der Waals surface area (Å²) in [6, 6.07) is 9.08. The molecule has 1 aromatic carbocycles. The van der Waals surface area contributed by atoms with Gasteiger partial charge in [0.25, 0.3) is 6.73 Å². The van der Waals surface area contributed by atoms with Crippen LogP contribution in [0.4, 0.5) is 4.79 Å². The third-order valence-corrected chi connectivity index (χ3v) is 3.54. The number of hydrogen-bond acceptors (Lipinski definition) is 8. The molecule has 0 spiro atoms. The molecule has 0 atom stereocenters. The number of carbonyl (C=O) groups is 4. The quantitative estimate of drug-likeness (QED) is 0.137. The molecule has 1 heterocycles. The van der Waals surface area contributed by atoms with E-state index in [0.29, 0.717) is 0 Å². The molecule has 0 unspecified atom stereocenters. The number of esters is 3. The monoisotopic (exact) mass is 544 g/mol. The molecule has 0 saturated heterocycles. The van der Waals surface area contributed by atoms with Crippen LogP contribution in [-0.2, 0) is 25.7 Å². The summed E-state index contributed by atoms with van der Waals surface area (Å²) in [5, 5.41) is 0. The average Bonchev–Trinajstić information content (AvgIpc) is 2.71. The van der Waals surface area contributed by atoms with Gasteiger partial charge in [-0.25, -0.2) is 14.4 Å². The maximum absolute atomic E-state index is 12.2. The molecule has 0 bridgehead atoms. The minimum absolute atomic E-state index is 0. The Kier molecular flexibility index (Phi) is 10.4. The van der Waals surface area contributed by atoms with Crippen LogP contribution < -0.4 is 33.3 Å². The standard InChI is InChI=1S/C20H21N2O8.HI/c1-14(23)30-17-9-5-4-8-16(17)19(25)29-13-28-18(24)15-7-6-10-22(11-15)12-27-20(26)21(2)3;/h4-11H,12-13H2,1-3H3;1H/q+1;/p-1. The van der Waals surface area contributed by atoms with E-state index in [2.05, 4.69) is 0 Å². The lowest BCUT2D eigenvalue weighted by Crippen LogP contribution is -3.00. The van der Waals surface area contributed by atoms with Crippen molar-refractivity contribution in [3.8, 4) is 5.75 Å². The Bertz CT molecular complexity index is 948. The van der Waals surface area contributed by atoms with Gasteiger partial charge in [-0.3, -0.25) is 4.79 Å². The first kappa shape index (κ1) is 25.8. The van der Waals surface area contributed by atoms with Crippen LogP contribution in [0.15, 0.2) is 48.8 Å². The fourth-order valence-electron chi connectivity index (χ4n) is 2.16. The third kappa shape index (κ3) is 8.20. The highest BCUT2D eigenvalue weighted by atomic mass is 127. The molecule has 0 radical (unpaired) electrons. The van der Waals surface area contributed by atoms with Crippen molar-refractivity contribution in [2.75, 3.05) is 20.9 Å². The predicted octanol–water partition coefficient (Wildman–Crippen LogP) is -1.47. The smallest absolute Gasteiger partial charge is 0.414 e. The number of hydrogen-bond donors (Lipinski definition) is 0. The van der Waals surface area contributed by atoms with Crippen molar-refractivity contribution in [1.29, 1.82) is 0 Å². The lowest BCUT2D eigenvalue weighted by Gasteiger charge is -2.10. The maximum Gasteiger partial charge on any atom is 0.414 e. The molecule has 0 aliphatic carbocycles. The van der Waals surface area contributed by atoms with E-state index in [1.807, 2.05) is 0 Å². The molecule has 11 heteroatoms. The van der Waals surface area contributed by atoms with Gasteiger partial charge in [0.2, 0.25) is 6.79 Å². The van der Waals surface area contributed by atoms with Crippen LogP contribution in [0.5, 0.6) is 5.75 Å². The van der Waals surface area contributed by atoms with Crippen molar-refractivity contribution in [3.63, 3.8) is 0 Å². The first-order chi connectivity index (χ1) is 14.3. The molecule has 0 aliphatic rings. The van der Waals surface area contributed by atoms with Crippen molar-refractivity contribution in [1.82, 2.24) is 4.90 Å². The Labute approximate surface area is 195 Å². The summed E-state index contributed by atoms with van der Waals surface area (Å²) in [5.74, 6) is -2.12. The molecule has 1 aromatic heterocycles. The number of rotatable bonds is 7.